The van der Waals surface area contributed by atoms with Gasteiger partial charge in [-0.1, -0.05) is 41.4 Å². The Bertz CT molecular complexity index is 891. The zero-order valence-electron chi connectivity index (χ0n) is 12.4. The second-order valence-corrected chi connectivity index (χ2v) is 5.68. The highest BCUT2D eigenvalue weighted by Gasteiger charge is 2.05. The third-order valence-electron chi connectivity index (χ3n) is 3.09. The topological polar surface area (TPSA) is 59.8 Å². The minimum atomic E-state index is -0.339. The first-order chi connectivity index (χ1) is 11.6. The van der Waals surface area contributed by atoms with Crippen molar-refractivity contribution in [3.05, 3.63) is 76.5 Å². The van der Waals surface area contributed by atoms with E-state index in [0.29, 0.717) is 21.4 Å². The summed E-state index contributed by atoms with van der Waals surface area (Å²) in [5.74, 6) is -0.339. The van der Waals surface area contributed by atoms with Crippen molar-refractivity contribution in [2.45, 2.75) is 0 Å². The van der Waals surface area contributed by atoms with E-state index in [-0.39, 0.29) is 5.91 Å². The van der Waals surface area contributed by atoms with Crippen LogP contribution in [-0.2, 0) is 4.79 Å². The van der Waals surface area contributed by atoms with Gasteiger partial charge in [-0.25, -0.2) is 0 Å². The molecule has 3 aromatic rings. The first-order valence-corrected chi connectivity index (χ1v) is 7.79. The number of halogens is 2. The van der Waals surface area contributed by atoms with Crippen LogP contribution in [0.2, 0.25) is 10.0 Å². The van der Waals surface area contributed by atoms with Crippen molar-refractivity contribution in [3.8, 4) is 5.69 Å². The standard InChI is InChI=1S/C17H12Cl2N4O/c18-12-6-8-15(19)16(10-12)21-17(24)9-7-13-11-20-23(22-13)14-4-2-1-3-5-14/h1-11H,(H,21,24)/b9-7+. The van der Waals surface area contributed by atoms with E-state index < -0.39 is 0 Å². The molecule has 0 radical (unpaired) electrons. The number of aromatic nitrogens is 3. The summed E-state index contributed by atoms with van der Waals surface area (Å²) in [5.41, 5.74) is 1.85. The molecule has 0 saturated carbocycles. The molecule has 7 heteroatoms. The predicted octanol–water partition coefficient (Wildman–Crippen LogP) is 4.23. The lowest BCUT2D eigenvalue weighted by Gasteiger charge is -2.04. The second-order valence-electron chi connectivity index (χ2n) is 4.84. The molecule has 0 bridgehead atoms. The molecule has 5 nitrogen and oxygen atoms in total. The van der Waals surface area contributed by atoms with Crippen molar-refractivity contribution in [1.82, 2.24) is 15.0 Å². The van der Waals surface area contributed by atoms with Crippen LogP contribution in [0.25, 0.3) is 11.8 Å². The van der Waals surface area contributed by atoms with Crippen molar-refractivity contribution in [2.75, 3.05) is 5.32 Å². The van der Waals surface area contributed by atoms with Crippen molar-refractivity contribution in [1.29, 1.82) is 0 Å². The number of amides is 1. The van der Waals surface area contributed by atoms with Crippen LogP contribution in [0.1, 0.15) is 5.69 Å². The molecule has 0 aliphatic heterocycles. The normalized spacial score (nSPS) is 10.9. The number of para-hydroxylation sites is 1. The van der Waals surface area contributed by atoms with Crippen LogP contribution in [0.3, 0.4) is 0 Å². The Labute approximate surface area is 148 Å². The van der Waals surface area contributed by atoms with Crippen molar-refractivity contribution >= 4 is 40.9 Å². The van der Waals surface area contributed by atoms with Gasteiger partial charge in [0.2, 0.25) is 5.91 Å². The average Bonchev–Trinajstić information content (AvgIpc) is 3.06. The van der Waals surface area contributed by atoms with Crippen LogP contribution in [0.5, 0.6) is 0 Å². The van der Waals surface area contributed by atoms with Gasteiger partial charge in [-0.15, -0.1) is 5.10 Å². The number of carbonyl (C=O) groups is 1. The lowest BCUT2D eigenvalue weighted by molar-refractivity contribution is -0.111. The summed E-state index contributed by atoms with van der Waals surface area (Å²) in [5, 5.41) is 12.0. The van der Waals surface area contributed by atoms with E-state index in [2.05, 4.69) is 15.5 Å². The van der Waals surface area contributed by atoms with Crippen LogP contribution >= 0.6 is 23.2 Å². The minimum absolute atomic E-state index is 0.339. The minimum Gasteiger partial charge on any atom is -0.321 e. The number of nitrogens with one attached hydrogen (secondary N) is 1. The first-order valence-electron chi connectivity index (χ1n) is 7.04. The molecule has 0 spiro atoms. The summed E-state index contributed by atoms with van der Waals surface area (Å²) in [4.78, 5) is 13.5. The van der Waals surface area contributed by atoms with Gasteiger partial charge in [0.25, 0.3) is 0 Å². The molecule has 120 valence electrons. The first kappa shape index (κ1) is 16.2. The van der Waals surface area contributed by atoms with E-state index in [4.69, 9.17) is 23.2 Å². The number of rotatable bonds is 4. The van der Waals surface area contributed by atoms with Gasteiger partial charge in [-0.3, -0.25) is 4.79 Å². The van der Waals surface area contributed by atoms with Gasteiger partial charge in [-0.2, -0.15) is 9.90 Å². The average molecular weight is 359 g/mol. The van der Waals surface area contributed by atoms with Gasteiger partial charge in [0.05, 0.1) is 22.6 Å². The Kier molecular flexibility index (Phi) is 4.93. The largest absolute Gasteiger partial charge is 0.321 e. The van der Waals surface area contributed by atoms with Gasteiger partial charge in [0.1, 0.15) is 5.69 Å². The highest BCUT2D eigenvalue weighted by molar-refractivity contribution is 6.35. The third-order valence-corrected chi connectivity index (χ3v) is 3.65. The van der Waals surface area contributed by atoms with Crippen LogP contribution in [-0.4, -0.2) is 20.9 Å². The maximum Gasteiger partial charge on any atom is 0.248 e. The quantitative estimate of drug-likeness (QED) is 0.710. The van der Waals surface area contributed by atoms with Gasteiger partial charge in [0, 0.05) is 11.1 Å². The molecule has 1 N–H and O–H groups in total. The summed E-state index contributed by atoms with van der Waals surface area (Å²) in [6.07, 6.45) is 4.50. The summed E-state index contributed by atoms with van der Waals surface area (Å²) >= 11 is 11.9. The Morgan fingerprint density at radius 2 is 1.92 bits per heavy atom. The lowest BCUT2D eigenvalue weighted by atomic mass is 10.3. The fourth-order valence-corrected chi connectivity index (χ4v) is 2.30. The molecule has 1 amide bonds. The van der Waals surface area contributed by atoms with E-state index >= 15 is 0 Å². The van der Waals surface area contributed by atoms with E-state index in [9.17, 15) is 4.79 Å². The van der Waals surface area contributed by atoms with E-state index in [1.54, 1.807) is 30.5 Å². The molecule has 0 aliphatic rings. The zero-order chi connectivity index (χ0) is 16.9. The van der Waals surface area contributed by atoms with Gasteiger partial charge >= 0.3 is 0 Å². The summed E-state index contributed by atoms with van der Waals surface area (Å²) in [7, 11) is 0. The molecule has 0 aliphatic carbocycles. The van der Waals surface area contributed by atoms with Crippen molar-refractivity contribution in [3.63, 3.8) is 0 Å². The molecule has 2 aromatic carbocycles. The SMILES string of the molecule is O=C(/C=C/c1cnn(-c2ccccc2)n1)Nc1cc(Cl)ccc1Cl. The number of hydrogen-bond donors (Lipinski definition) is 1. The Morgan fingerprint density at radius 3 is 2.71 bits per heavy atom. The molecule has 1 aromatic heterocycles. The van der Waals surface area contributed by atoms with Crippen molar-refractivity contribution < 1.29 is 4.79 Å². The van der Waals surface area contributed by atoms with Gasteiger partial charge in [0.15, 0.2) is 0 Å². The van der Waals surface area contributed by atoms with E-state index in [1.165, 1.54) is 10.9 Å². The fraction of sp³-hybridized carbons (Fsp3) is 0. The Morgan fingerprint density at radius 1 is 1.12 bits per heavy atom. The fourth-order valence-electron chi connectivity index (χ4n) is 1.97. The lowest BCUT2D eigenvalue weighted by Crippen LogP contribution is -2.08. The summed E-state index contributed by atoms with van der Waals surface area (Å²) < 4.78 is 0. The summed E-state index contributed by atoms with van der Waals surface area (Å²) in [6, 6.07) is 14.3. The molecule has 0 saturated heterocycles. The smallest absolute Gasteiger partial charge is 0.248 e. The monoisotopic (exact) mass is 358 g/mol. The Hall–Kier alpha value is -2.63. The maximum atomic E-state index is 12.0. The maximum absolute atomic E-state index is 12.0. The van der Waals surface area contributed by atoms with E-state index in [0.717, 1.165) is 5.69 Å². The van der Waals surface area contributed by atoms with Gasteiger partial charge < -0.3 is 5.32 Å². The highest BCUT2D eigenvalue weighted by atomic mass is 35.5. The van der Waals surface area contributed by atoms with Crippen LogP contribution in [0.4, 0.5) is 5.69 Å². The highest BCUT2D eigenvalue weighted by Crippen LogP contribution is 2.25. The molecule has 0 atom stereocenters. The van der Waals surface area contributed by atoms with E-state index in [1.807, 2.05) is 30.3 Å². The number of anilines is 1. The van der Waals surface area contributed by atoms with Crippen LogP contribution < -0.4 is 5.32 Å². The molecular formula is C17H12Cl2N4O. The molecule has 0 fully saturated rings. The zero-order valence-corrected chi connectivity index (χ0v) is 13.9. The molecule has 24 heavy (non-hydrogen) atoms. The number of benzene rings is 2. The van der Waals surface area contributed by atoms with Crippen LogP contribution in [0.15, 0.2) is 60.8 Å². The molecule has 3 rings (SSSR count). The third kappa shape index (κ3) is 4.01. The molecule has 1 heterocycles. The predicted molar refractivity (Wildman–Crippen MR) is 95.5 cm³/mol. The number of carbonyl (C=O) groups excluding carboxylic acids is 1. The number of nitrogens with zero attached hydrogens (tertiary/aromatic N) is 3. The molecule has 0 unspecified atom stereocenters. The van der Waals surface area contributed by atoms with Gasteiger partial charge in [-0.05, 0) is 36.4 Å². The summed E-state index contributed by atoms with van der Waals surface area (Å²) in [6.45, 7) is 0. The Balaban J connectivity index is 1.69. The van der Waals surface area contributed by atoms with Crippen molar-refractivity contribution in [2.24, 2.45) is 0 Å². The second kappa shape index (κ2) is 7.29. The van der Waals surface area contributed by atoms with Crippen LogP contribution in [0, 0.1) is 0 Å². The number of hydrogen-bond acceptors (Lipinski definition) is 3. The molecular weight excluding hydrogens is 347 g/mol.